The third-order valence-corrected chi connectivity index (χ3v) is 2.48. The third-order valence-electron chi connectivity index (χ3n) is 2.48. The zero-order valence-corrected chi connectivity index (χ0v) is 9.31. The van der Waals surface area contributed by atoms with Gasteiger partial charge in [-0.2, -0.15) is 0 Å². The molecule has 0 radical (unpaired) electrons. The highest BCUT2D eigenvalue weighted by Crippen LogP contribution is 2.19. The summed E-state index contributed by atoms with van der Waals surface area (Å²) in [6.45, 7) is 0.397. The highest BCUT2D eigenvalue weighted by molar-refractivity contribution is 5.63. The lowest BCUT2D eigenvalue weighted by Crippen LogP contribution is -2.20. The molecule has 0 aliphatic heterocycles. The first kappa shape index (κ1) is 11.3. The molecule has 0 saturated heterocycles. The Labute approximate surface area is 98.5 Å². The first-order chi connectivity index (χ1) is 8.22. The lowest BCUT2D eigenvalue weighted by atomic mass is 10.0. The Morgan fingerprint density at radius 2 is 1.94 bits per heavy atom. The number of benzene rings is 1. The van der Waals surface area contributed by atoms with E-state index in [1.54, 1.807) is 0 Å². The van der Waals surface area contributed by atoms with E-state index >= 15 is 0 Å². The number of rotatable bonds is 3. The van der Waals surface area contributed by atoms with Crippen LogP contribution in [0.15, 0.2) is 35.1 Å². The van der Waals surface area contributed by atoms with Gasteiger partial charge >= 0.3 is 0 Å². The van der Waals surface area contributed by atoms with Gasteiger partial charge in [-0.05, 0) is 13.0 Å². The van der Waals surface area contributed by atoms with Gasteiger partial charge in [-0.1, -0.05) is 30.3 Å². The van der Waals surface area contributed by atoms with Crippen molar-refractivity contribution in [2.45, 2.75) is 6.42 Å². The Balaban J connectivity index is 2.63. The van der Waals surface area contributed by atoms with Crippen LogP contribution in [0, 0.1) is 0 Å². The highest BCUT2D eigenvalue weighted by Gasteiger charge is 2.11. The second-order valence-electron chi connectivity index (χ2n) is 3.68. The minimum absolute atomic E-state index is 0.120. The van der Waals surface area contributed by atoms with E-state index in [0.29, 0.717) is 24.2 Å². The molecule has 0 spiro atoms. The maximum Gasteiger partial charge on any atom is 0.256 e. The van der Waals surface area contributed by atoms with Crippen LogP contribution in [-0.4, -0.2) is 16.5 Å². The number of nitrogen functional groups attached to an aromatic ring is 1. The lowest BCUT2D eigenvalue weighted by molar-refractivity contribution is 0.929. The minimum Gasteiger partial charge on any atom is -0.369 e. The van der Waals surface area contributed by atoms with E-state index in [2.05, 4.69) is 9.97 Å². The number of nitrogens with one attached hydrogen (secondary N) is 1. The fourth-order valence-corrected chi connectivity index (χ4v) is 1.73. The smallest absolute Gasteiger partial charge is 0.256 e. The van der Waals surface area contributed by atoms with Gasteiger partial charge in [0.15, 0.2) is 0 Å². The van der Waals surface area contributed by atoms with Gasteiger partial charge in [0, 0.05) is 11.1 Å². The van der Waals surface area contributed by atoms with Crippen LogP contribution in [0.25, 0.3) is 11.3 Å². The number of aromatic nitrogens is 2. The van der Waals surface area contributed by atoms with Gasteiger partial charge in [0.1, 0.15) is 0 Å². The van der Waals surface area contributed by atoms with E-state index in [-0.39, 0.29) is 11.5 Å². The maximum absolute atomic E-state index is 11.8. The van der Waals surface area contributed by atoms with E-state index in [1.807, 2.05) is 30.3 Å². The largest absolute Gasteiger partial charge is 0.369 e. The van der Waals surface area contributed by atoms with Crippen molar-refractivity contribution >= 4 is 5.95 Å². The van der Waals surface area contributed by atoms with Crippen LogP contribution >= 0.6 is 0 Å². The van der Waals surface area contributed by atoms with Gasteiger partial charge in [-0.25, -0.2) is 4.98 Å². The summed E-state index contributed by atoms with van der Waals surface area (Å²) in [4.78, 5) is 18.5. The standard InChI is InChI=1S/C12H14N4O/c13-7-6-9-10(8-4-2-1-3-5-8)15-12(14)16-11(9)17/h1-5H,6-7,13H2,(H3,14,15,16,17). The molecule has 2 aromatic rings. The van der Waals surface area contributed by atoms with Crippen LogP contribution in [0.5, 0.6) is 0 Å². The average Bonchev–Trinajstić information content (AvgIpc) is 2.33. The Bertz CT molecular complexity index is 562. The normalized spacial score (nSPS) is 10.4. The van der Waals surface area contributed by atoms with Gasteiger partial charge in [-0.15, -0.1) is 0 Å². The van der Waals surface area contributed by atoms with Crippen LogP contribution in [0.1, 0.15) is 5.56 Å². The molecule has 1 aromatic carbocycles. The summed E-state index contributed by atoms with van der Waals surface area (Å²) in [5.41, 5.74) is 12.9. The maximum atomic E-state index is 11.8. The Morgan fingerprint density at radius 1 is 1.24 bits per heavy atom. The van der Waals surface area contributed by atoms with Crippen LogP contribution in [0.4, 0.5) is 5.95 Å². The van der Waals surface area contributed by atoms with E-state index in [0.717, 1.165) is 5.56 Å². The van der Waals surface area contributed by atoms with Gasteiger partial charge in [0.2, 0.25) is 5.95 Å². The average molecular weight is 230 g/mol. The summed E-state index contributed by atoms with van der Waals surface area (Å²) in [5, 5.41) is 0. The summed E-state index contributed by atoms with van der Waals surface area (Å²) >= 11 is 0. The van der Waals surface area contributed by atoms with Crippen LogP contribution < -0.4 is 17.0 Å². The lowest BCUT2D eigenvalue weighted by Gasteiger charge is -2.07. The third kappa shape index (κ3) is 2.34. The molecule has 0 fully saturated rings. The van der Waals surface area contributed by atoms with E-state index < -0.39 is 0 Å². The predicted molar refractivity (Wildman–Crippen MR) is 67.5 cm³/mol. The molecule has 0 unspecified atom stereocenters. The van der Waals surface area contributed by atoms with E-state index in [9.17, 15) is 4.79 Å². The van der Waals surface area contributed by atoms with Crippen LogP contribution in [0.2, 0.25) is 0 Å². The highest BCUT2D eigenvalue weighted by atomic mass is 16.1. The molecule has 0 aliphatic rings. The number of aromatic amines is 1. The molecule has 1 aromatic heterocycles. The fourth-order valence-electron chi connectivity index (χ4n) is 1.73. The summed E-state index contributed by atoms with van der Waals surface area (Å²) in [6, 6.07) is 9.46. The molecule has 0 amide bonds. The summed E-state index contributed by atoms with van der Waals surface area (Å²) < 4.78 is 0. The van der Waals surface area contributed by atoms with Crippen molar-refractivity contribution in [3.05, 3.63) is 46.2 Å². The molecular formula is C12H14N4O. The monoisotopic (exact) mass is 230 g/mol. The number of nitrogens with two attached hydrogens (primary N) is 2. The van der Waals surface area contributed by atoms with Crippen molar-refractivity contribution in [3.8, 4) is 11.3 Å². The first-order valence-corrected chi connectivity index (χ1v) is 5.36. The Kier molecular flexibility index (Phi) is 3.20. The zero-order chi connectivity index (χ0) is 12.3. The summed E-state index contributed by atoms with van der Waals surface area (Å²) in [5.74, 6) is 0.120. The number of nitrogens with zero attached hydrogens (tertiary/aromatic N) is 1. The van der Waals surface area contributed by atoms with Gasteiger partial charge in [-0.3, -0.25) is 9.78 Å². The van der Waals surface area contributed by atoms with Crippen LogP contribution in [-0.2, 0) is 6.42 Å². The van der Waals surface area contributed by atoms with E-state index in [4.69, 9.17) is 11.5 Å². The van der Waals surface area contributed by atoms with Crippen molar-refractivity contribution < 1.29 is 0 Å². The molecule has 0 bridgehead atoms. The fraction of sp³-hybridized carbons (Fsp3) is 0.167. The Morgan fingerprint density at radius 3 is 2.59 bits per heavy atom. The van der Waals surface area contributed by atoms with Crippen molar-refractivity contribution in [2.75, 3.05) is 12.3 Å². The molecule has 17 heavy (non-hydrogen) atoms. The predicted octanol–water partition coefficient (Wildman–Crippen LogP) is 0.520. The molecule has 5 nitrogen and oxygen atoms in total. The van der Waals surface area contributed by atoms with Crippen LogP contribution in [0.3, 0.4) is 0 Å². The van der Waals surface area contributed by atoms with Crippen molar-refractivity contribution in [2.24, 2.45) is 5.73 Å². The second kappa shape index (κ2) is 4.80. The molecule has 5 heteroatoms. The molecule has 1 heterocycles. The number of anilines is 1. The van der Waals surface area contributed by atoms with E-state index in [1.165, 1.54) is 0 Å². The molecule has 5 N–H and O–H groups in total. The summed E-state index contributed by atoms with van der Waals surface area (Å²) in [7, 11) is 0. The second-order valence-corrected chi connectivity index (χ2v) is 3.68. The number of H-pyrrole nitrogens is 1. The van der Waals surface area contributed by atoms with Gasteiger partial charge in [0.25, 0.3) is 5.56 Å². The van der Waals surface area contributed by atoms with Crippen molar-refractivity contribution in [1.29, 1.82) is 0 Å². The van der Waals surface area contributed by atoms with Gasteiger partial charge < -0.3 is 11.5 Å². The number of hydrogen-bond acceptors (Lipinski definition) is 4. The quantitative estimate of drug-likeness (QED) is 0.716. The SMILES string of the molecule is NCCc1c(-c2ccccc2)nc(N)[nH]c1=O. The van der Waals surface area contributed by atoms with Crippen molar-refractivity contribution in [1.82, 2.24) is 9.97 Å². The summed E-state index contributed by atoms with van der Waals surface area (Å²) in [6.07, 6.45) is 0.479. The Hall–Kier alpha value is -2.14. The topological polar surface area (TPSA) is 97.8 Å². The molecule has 0 saturated carbocycles. The van der Waals surface area contributed by atoms with Crippen molar-refractivity contribution in [3.63, 3.8) is 0 Å². The molecule has 0 atom stereocenters. The molecule has 88 valence electrons. The minimum atomic E-state index is -0.221. The zero-order valence-electron chi connectivity index (χ0n) is 9.31. The molecule has 0 aliphatic carbocycles. The van der Waals surface area contributed by atoms with Gasteiger partial charge in [0.05, 0.1) is 5.69 Å². The first-order valence-electron chi connectivity index (χ1n) is 5.36. The number of hydrogen-bond donors (Lipinski definition) is 3. The molecule has 2 rings (SSSR count). The molecular weight excluding hydrogens is 216 g/mol.